The van der Waals surface area contributed by atoms with E-state index in [1.165, 1.54) is 0 Å². The lowest BCUT2D eigenvalue weighted by Crippen LogP contribution is -2.36. The van der Waals surface area contributed by atoms with Crippen LogP contribution in [0.4, 0.5) is 5.69 Å². The van der Waals surface area contributed by atoms with Gasteiger partial charge in [0.15, 0.2) is 0 Å². The van der Waals surface area contributed by atoms with Crippen molar-refractivity contribution in [3.63, 3.8) is 0 Å². The van der Waals surface area contributed by atoms with Crippen LogP contribution >= 0.6 is 0 Å². The summed E-state index contributed by atoms with van der Waals surface area (Å²) < 4.78 is 5.57. The average Bonchev–Trinajstić information content (AvgIpc) is 2.50. The smallest absolute Gasteiger partial charge is 0.230 e. The first-order valence-corrected chi connectivity index (χ1v) is 6.06. The maximum atomic E-state index is 12.0. The van der Waals surface area contributed by atoms with Crippen molar-refractivity contribution in [1.29, 1.82) is 0 Å². The van der Waals surface area contributed by atoms with Crippen LogP contribution in [0.2, 0.25) is 0 Å². The topological polar surface area (TPSA) is 41.6 Å². The Morgan fingerprint density at radius 3 is 3.06 bits per heavy atom. The normalized spacial score (nSPS) is 15.1. The molecule has 0 aliphatic carbocycles. The molecular formula is C13H18N2O2. The fourth-order valence-electron chi connectivity index (χ4n) is 1.93. The molecule has 92 valence electrons. The summed E-state index contributed by atoms with van der Waals surface area (Å²) in [6.45, 7) is 4.93. The Morgan fingerprint density at radius 2 is 2.24 bits per heavy atom. The number of hydrogen-bond acceptors (Lipinski definition) is 3. The zero-order chi connectivity index (χ0) is 12.1. The number of rotatable bonds is 4. The number of hydrogen-bond donors (Lipinski definition) is 1. The van der Waals surface area contributed by atoms with E-state index in [-0.39, 0.29) is 5.91 Å². The Kier molecular flexibility index (Phi) is 3.98. The Balaban J connectivity index is 2.18. The number of nitrogens with one attached hydrogen (secondary N) is 1. The van der Waals surface area contributed by atoms with Gasteiger partial charge in [0.2, 0.25) is 5.91 Å². The molecule has 17 heavy (non-hydrogen) atoms. The van der Waals surface area contributed by atoms with Gasteiger partial charge >= 0.3 is 0 Å². The van der Waals surface area contributed by atoms with Gasteiger partial charge in [-0.3, -0.25) is 4.79 Å². The summed E-state index contributed by atoms with van der Waals surface area (Å²) in [5.74, 6) is 0.933. The van der Waals surface area contributed by atoms with Gasteiger partial charge in [0, 0.05) is 13.1 Å². The quantitative estimate of drug-likeness (QED) is 0.801. The van der Waals surface area contributed by atoms with Crippen molar-refractivity contribution in [2.24, 2.45) is 0 Å². The Labute approximate surface area is 102 Å². The molecule has 0 atom stereocenters. The van der Waals surface area contributed by atoms with E-state index in [0.717, 1.165) is 24.5 Å². The third kappa shape index (κ3) is 2.77. The molecule has 4 nitrogen and oxygen atoms in total. The molecule has 0 saturated heterocycles. The van der Waals surface area contributed by atoms with E-state index in [9.17, 15) is 4.79 Å². The number of carbonyl (C=O) groups excluding carboxylic acids is 1. The van der Waals surface area contributed by atoms with E-state index in [1.54, 1.807) is 0 Å². The fourth-order valence-corrected chi connectivity index (χ4v) is 1.93. The molecule has 1 amide bonds. The van der Waals surface area contributed by atoms with Gasteiger partial charge in [0.05, 0.1) is 18.7 Å². The standard InChI is InChI=1S/C13H18N2O2/c1-2-14-8-9-15-11-5-3-4-6-12(11)17-10-7-13(15)16/h3-6,14H,2,7-10H2,1H3. The van der Waals surface area contributed by atoms with Crippen LogP contribution in [-0.2, 0) is 4.79 Å². The van der Waals surface area contributed by atoms with Crippen molar-refractivity contribution in [2.45, 2.75) is 13.3 Å². The highest BCUT2D eigenvalue weighted by molar-refractivity contribution is 5.95. The summed E-state index contributed by atoms with van der Waals surface area (Å²) in [6, 6.07) is 7.71. The first kappa shape index (κ1) is 11.9. The van der Waals surface area contributed by atoms with E-state index in [4.69, 9.17) is 4.74 Å². The van der Waals surface area contributed by atoms with E-state index in [0.29, 0.717) is 19.6 Å². The molecule has 0 saturated carbocycles. The molecule has 0 fully saturated rings. The van der Waals surface area contributed by atoms with Crippen LogP contribution in [0.25, 0.3) is 0 Å². The average molecular weight is 234 g/mol. The molecule has 0 aromatic heterocycles. The second-order valence-electron chi connectivity index (χ2n) is 3.97. The molecule has 1 aliphatic rings. The number of anilines is 1. The minimum absolute atomic E-state index is 0.132. The molecule has 2 rings (SSSR count). The van der Waals surface area contributed by atoms with E-state index < -0.39 is 0 Å². The maximum absolute atomic E-state index is 12.0. The Bertz CT molecular complexity index is 393. The highest BCUT2D eigenvalue weighted by atomic mass is 16.5. The molecule has 1 N–H and O–H groups in total. The Hall–Kier alpha value is -1.55. The zero-order valence-corrected chi connectivity index (χ0v) is 10.1. The summed E-state index contributed by atoms with van der Waals surface area (Å²) in [7, 11) is 0. The monoisotopic (exact) mass is 234 g/mol. The van der Waals surface area contributed by atoms with Gasteiger partial charge < -0.3 is 15.0 Å². The van der Waals surface area contributed by atoms with Crippen molar-refractivity contribution in [3.05, 3.63) is 24.3 Å². The maximum Gasteiger partial charge on any atom is 0.230 e. The summed E-state index contributed by atoms with van der Waals surface area (Å²) in [4.78, 5) is 13.8. The van der Waals surface area contributed by atoms with Crippen LogP contribution in [0, 0.1) is 0 Å². The van der Waals surface area contributed by atoms with Gasteiger partial charge in [-0.2, -0.15) is 0 Å². The third-order valence-electron chi connectivity index (χ3n) is 2.79. The number of para-hydroxylation sites is 2. The van der Waals surface area contributed by atoms with Gasteiger partial charge in [0.1, 0.15) is 5.75 Å². The van der Waals surface area contributed by atoms with Crippen molar-refractivity contribution in [1.82, 2.24) is 5.32 Å². The summed E-state index contributed by atoms with van der Waals surface area (Å²) in [5.41, 5.74) is 0.882. The van der Waals surface area contributed by atoms with Crippen LogP contribution in [-0.4, -0.2) is 32.1 Å². The molecule has 1 aliphatic heterocycles. The predicted octanol–water partition coefficient (Wildman–Crippen LogP) is 1.41. The van der Waals surface area contributed by atoms with Gasteiger partial charge in [-0.25, -0.2) is 0 Å². The van der Waals surface area contributed by atoms with E-state index >= 15 is 0 Å². The molecule has 4 heteroatoms. The fraction of sp³-hybridized carbons (Fsp3) is 0.462. The lowest BCUT2D eigenvalue weighted by atomic mass is 10.2. The molecule has 0 radical (unpaired) electrons. The summed E-state index contributed by atoms with van der Waals surface area (Å²) >= 11 is 0. The zero-order valence-electron chi connectivity index (χ0n) is 10.1. The van der Waals surface area contributed by atoms with Crippen LogP contribution in [0.15, 0.2) is 24.3 Å². The first-order chi connectivity index (χ1) is 8.33. The van der Waals surface area contributed by atoms with Crippen molar-refractivity contribution < 1.29 is 9.53 Å². The second-order valence-corrected chi connectivity index (χ2v) is 3.97. The minimum atomic E-state index is 0.132. The number of benzene rings is 1. The van der Waals surface area contributed by atoms with Crippen molar-refractivity contribution >= 4 is 11.6 Å². The first-order valence-electron chi connectivity index (χ1n) is 6.06. The molecule has 0 bridgehead atoms. The molecule has 1 heterocycles. The summed E-state index contributed by atoms with van der Waals surface area (Å²) in [5, 5.41) is 3.23. The number of fused-ring (bicyclic) bond motifs is 1. The number of nitrogens with zero attached hydrogens (tertiary/aromatic N) is 1. The van der Waals surface area contributed by atoms with Gasteiger partial charge in [-0.15, -0.1) is 0 Å². The van der Waals surface area contributed by atoms with Crippen LogP contribution in [0.1, 0.15) is 13.3 Å². The van der Waals surface area contributed by atoms with Gasteiger partial charge in [0.25, 0.3) is 0 Å². The lowest BCUT2D eigenvalue weighted by molar-refractivity contribution is -0.118. The number of ether oxygens (including phenoxy) is 1. The molecule has 1 aromatic carbocycles. The molecule has 0 spiro atoms. The van der Waals surface area contributed by atoms with E-state index in [1.807, 2.05) is 29.2 Å². The van der Waals surface area contributed by atoms with Crippen LogP contribution in [0.3, 0.4) is 0 Å². The highest BCUT2D eigenvalue weighted by Gasteiger charge is 2.22. The SMILES string of the molecule is CCNCCN1C(=O)CCOc2ccccc21. The summed E-state index contributed by atoms with van der Waals surface area (Å²) in [6.07, 6.45) is 0.445. The predicted molar refractivity (Wildman–Crippen MR) is 67.5 cm³/mol. The largest absolute Gasteiger partial charge is 0.491 e. The van der Waals surface area contributed by atoms with Gasteiger partial charge in [-0.1, -0.05) is 19.1 Å². The number of carbonyl (C=O) groups is 1. The molecule has 1 aromatic rings. The molecular weight excluding hydrogens is 216 g/mol. The number of likely N-dealkylation sites (N-methyl/N-ethyl adjacent to an activating group) is 1. The van der Waals surface area contributed by atoms with E-state index in [2.05, 4.69) is 12.2 Å². The highest BCUT2D eigenvalue weighted by Crippen LogP contribution is 2.30. The van der Waals surface area contributed by atoms with Gasteiger partial charge in [-0.05, 0) is 18.7 Å². The van der Waals surface area contributed by atoms with Crippen LogP contribution in [0.5, 0.6) is 5.75 Å². The van der Waals surface area contributed by atoms with Crippen LogP contribution < -0.4 is 15.0 Å². The lowest BCUT2D eigenvalue weighted by Gasteiger charge is -2.21. The number of amides is 1. The third-order valence-corrected chi connectivity index (χ3v) is 2.79. The minimum Gasteiger partial charge on any atom is -0.491 e. The Morgan fingerprint density at radius 1 is 1.41 bits per heavy atom. The van der Waals surface area contributed by atoms with Crippen molar-refractivity contribution in [3.8, 4) is 5.75 Å². The molecule has 0 unspecified atom stereocenters. The van der Waals surface area contributed by atoms with Crippen molar-refractivity contribution in [2.75, 3.05) is 31.1 Å². The second kappa shape index (κ2) is 5.68.